The van der Waals surface area contributed by atoms with Gasteiger partial charge in [0.1, 0.15) is 11.7 Å². The second-order valence-corrected chi connectivity index (χ2v) is 6.20. The number of benzene rings is 3. The summed E-state index contributed by atoms with van der Waals surface area (Å²) in [5.41, 5.74) is 8.75. The van der Waals surface area contributed by atoms with E-state index in [4.69, 9.17) is 10.8 Å². The molecule has 3 rings (SSSR count). The van der Waals surface area contributed by atoms with Gasteiger partial charge in [-0.3, -0.25) is 4.79 Å². The van der Waals surface area contributed by atoms with Gasteiger partial charge in [0.2, 0.25) is 0 Å². The van der Waals surface area contributed by atoms with E-state index < -0.39 is 23.3 Å². The van der Waals surface area contributed by atoms with Crippen molar-refractivity contribution < 1.29 is 19.1 Å². The second-order valence-electron chi connectivity index (χ2n) is 6.20. The molecule has 0 unspecified atom stereocenters. The number of aryl methyl sites for hydroxylation is 1. The summed E-state index contributed by atoms with van der Waals surface area (Å²) in [6.45, 7) is 1.90. The number of hydrogen-bond donors (Lipinski definition) is 2. The van der Waals surface area contributed by atoms with E-state index in [9.17, 15) is 14.0 Å². The number of nitrogens with zero attached hydrogens (tertiary/aromatic N) is 1. The first-order chi connectivity index (χ1) is 13.4. The van der Waals surface area contributed by atoms with Gasteiger partial charge in [-0.2, -0.15) is 4.99 Å². The molecule has 28 heavy (non-hydrogen) atoms. The number of carbonyl (C=O) groups excluding carboxylic acids is 1. The topological polar surface area (TPSA) is 92.8 Å². The molecule has 0 spiro atoms. The minimum atomic E-state index is -1.38. The molecule has 5 nitrogen and oxygen atoms in total. The van der Waals surface area contributed by atoms with E-state index >= 15 is 0 Å². The van der Waals surface area contributed by atoms with E-state index in [1.54, 1.807) is 12.1 Å². The third kappa shape index (κ3) is 3.96. The van der Waals surface area contributed by atoms with Crippen LogP contribution in [0.1, 0.15) is 31.8 Å². The number of hydrogen-bond acceptors (Lipinski definition) is 2. The molecule has 0 aliphatic rings. The number of carboxylic acid groups (broad SMARTS) is 1. The molecular formula is C22H17FN2O3. The van der Waals surface area contributed by atoms with Gasteiger partial charge in [0.05, 0.1) is 5.56 Å². The molecule has 0 radical (unpaired) electrons. The quantitative estimate of drug-likeness (QED) is 0.531. The van der Waals surface area contributed by atoms with Gasteiger partial charge in [-0.1, -0.05) is 42.5 Å². The number of halogens is 1. The van der Waals surface area contributed by atoms with Crippen LogP contribution in [0.5, 0.6) is 0 Å². The number of amidine groups is 1. The largest absolute Gasteiger partial charge is 0.478 e. The van der Waals surface area contributed by atoms with Crippen molar-refractivity contribution in [1.82, 2.24) is 0 Å². The number of carboxylic acids is 1. The average Bonchev–Trinajstić information content (AvgIpc) is 2.68. The molecule has 0 saturated carbocycles. The maximum absolute atomic E-state index is 13.8. The highest BCUT2D eigenvalue weighted by Gasteiger charge is 2.13. The fourth-order valence-corrected chi connectivity index (χ4v) is 2.82. The summed E-state index contributed by atoms with van der Waals surface area (Å²) in [7, 11) is 0. The molecule has 1 amide bonds. The molecule has 3 aromatic rings. The molecule has 0 bridgehead atoms. The number of amides is 1. The van der Waals surface area contributed by atoms with Gasteiger partial charge in [-0.05, 0) is 47.9 Å². The van der Waals surface area contributed by atoms with Crippen LogP contribution in [0.2, 0.25) is 0 Å². The fraction of sp³-hybridized carbons (Fsp3) is 0.0455. The molecule has 0 heterocycles. The summed E-state index contributed by atoms with van der Waals surface area (Å²) >= 11 is 0. The summed E-state index contributed by atoms with van der Waals surface area (Å²) in [5.74, 6) is -3.09. The van der Waals surface area contributed by atoms with Crippen LogP contribution < -0.4 is 5.73 Å². The lowest BCUT2D eigenvalue weighted by molar-refractivity contribution is 0.0691. The molecular weight excluding hydrogens is 359 g/mol. The lowest BCUT2D eigenvalue weighted by Gasteiger charge is -2.08. The monoisotopic (exact) mass is 376 g/mol. The number of aromatic carboxylic acids is 1. The van der Waals surface area contributed by atoms with Crippen LogP contribution >= 0.6 is 0 Å². The lowest BCUT2D eigenvalue weighted by atomic mass is 9.98. The maximum atomic E-state index is 13.8. The van der Waals surface area contributed by atoms with Crippen LogP contribution in [0, 0.1) is 12.7 Å². The lowest BCUT2D eigenvalue weighted by Crippen LogP contribution is -2.17. The Kier molecular flexibility index (Phi) is 5.31. The van der Waals surface area contributed by atoms with Crippen molar-refractivity contribution in [1.29, 1.82) is 0 Å². The van der Waals surface area contributed by atoms with Gasteiger partial charge in [-0.25, -0.2) is 9.18 Å². The highest BCUT2D eigenvalue weighted by atomic mass is 19.1. The molecule has 0 aliphatic carbocycles. The van der Waals surface area contributed by atoms with Gasteiger partial charge in [0, 0.05) is 11.1 Å². The van der Waals surface area contributed by atoms with Gasteiger partial charge in [0.15, 0.2) is 0 Å². The van der Waals surface area contributed by atoms with Gasteiger partial charge < -0.3 is 10.8 Å². The third-order valence-corrected chi connectivity index (χ3v) is 4.28. The Morgan fingerprint density at radius 2 is 1.64 bits per heavy atom. The number of nitrogens with two attached hydrogens (primary N) is 1. The molecule has 3 aromatic carbocycles. The number of aliphatic imine (C=N–C) groups is 1. The first-order valence-electron chi connectivity index (χ1n) is 8.44. The van der Waals surface area contributed by atoms with Crippen LogP contribution in [0.4, 0.5) is 4.39 Å². The van der Waals surface area contributed by atoms with Crippen molar-refractivity contribution in [2.24, 2.45) is 10.7 Å². The number of carbonyl (C=O) groups is 2. The second kappa shape index (κ2) is 7.84. The van der Waals surface area contributed by atoms with E-state index in [-0.39, 0.29) is 11.4 Å². The van der Waals surface area contributed by atoms with E-state index in [1.807, 2.05) is 43.3 Å². The molecule has 6 heteroatoms. The first kappa shape index (κ1) is 19.0. The third-order valence-electron chi connectivity index (χ3n) is 4.28. The molecule has 0 saturated heterocycles. The minimum Gasteiger partial charge on any atom is -0.478 e. The molecule has 0 aliphatic heterocycles. The molecule has 3 N–H and O–H groups in total. The Labute approximate surface area is 161 Å². The first-order valence-corrected chi connectivity index (χ1v) is 8.44. The van der Waals surface area contributed by atoms with Crippen LogP contribution in [0.25, 0.3) is 11.1 Å². The molecule has 0 atom stereocenters. The number of rotatable bonds is 4. The van der Waals surface area contributed by atoms with Gasteiger partial charge in [-0.15, -0.1) is 0 Å². The van der Waals surface area contributed by atoms with E-state index in [1.165, 1.54) is 6.07 Å². The van der Waals surface area contributed by atoms with Crippen molar-refractivity contribution in [3.8, 4) is 11.1 Å². The summed E-state index contributed by atoms with van der Waals surface area (Å²) in [5, 5.41) is 8.86. The van der Waals surface area contributed by atoms with E-state index in [0.29, 0.717) is 5.56 Å². The van der Waals surface area contributed by atoms with Crippen molar-refractivity contribution in [3.63, 3.8) is 0 Å². The van der Waals surface area contributed by atoms with Crippen molar-refractivity contribution in [2.45, 2.75) is 6.92 Å². The van der Waals surface area contributed by atoms with Crippen LogP contribution in [0.15, 0.2) is 71.7 Å². The van der Waals surface area contributed by atoms with Crippen LogP contribution in [0.3, 0.4) is 0 Å². The Morgan fingerprint density at radius 1 is 0.964 bits per heavy atom. The van der Waals surface area contributed by atoms with Crippen LogP contribution in [-0.2, 0) is 0 Å². The van der Waals surface area contributed by atoms with Crippen LogP contribution in [-0.4, -0.2) is 22.8 Å². The Bertz CT molecular complexity index is 1090. The summed E-state index contributed by atoms with van der Waals surface area (Å²) in [6, 6.07) is 18.3. The normalized spacial score (nSPS) is 11.3. The van der Waals surface area contributed by atoms with Crippen molar-refractivity contribution in [3.05, 3.63) is 94.8 Å². The minimum absolute atomic E-state index is 0.133. The predicted octanol–water partition coefficient (Wildman–Crippen LogP) is 4.05. The van der Waals surface area contributed by atoms with E-state index in [2.05, 4.69) is 4.99 Å². The van der Waals surface area contributed by atoms with E-state index in [0.717, 1.165) is 28.8 Å². The Hall–Kier alpha value is -3.80. The van der Waals surface area contributed by atoms with Crippen molar-refractivity contribution >= 4 is 17.7 Å². The predicted molar refractivity (Wildman–Crippen MR) is 105 cm³/mol. The Morgan fingerprint density at radius 3 is 2.25 bits per heavy atom. The SMILES string of the molecule is Cc1cc(C(=O)N=C(N)c2ccc(C(=O)O)c(F)c2)ccc1-c1ccccc1. The molecule has 140 valence electrons. The van der Waals surface area contributed by atoms with Crippen molar-refractivity contribution in [2.75, 3.05) is 0 Å². The zero-order valence-electron chi connectivity index (χ0n) is 15.0. The zero-order valence-corrected chi connectivity index (χ0v) is 15.0. The highest BCUT2D eigenvalue weighted by molar-refractivity contribution is 6.09. The standard InChI is InChI=1S/C22H17FN2O3/c1-13-11-16(8-9-17(13)14-5-3-2-4-6-14)21(26)25-20(24)15-7-10-18(22(27)28)19(23)12-15/h2-12H,1H3,(H,27,28)(H2,24,25,26). The Balaban J connectivity index is 1.87. The average molecular weight is 376 g/mol. The summed E-state index contributed by atoms with van der Waals surface area (Å²) in [6.07, 6.45) is 0. The summed E-state index contributed by atoms with van der Waals surface area (Å²) < 4.78 is 13.8. The maximum Gasteiger partial charge on any atom is 0.338 e. The fourth-order valence-electron chi connectivity index (χ4n) is 2.82. The van der Waals surface area contributed by atoms with Gasteiger partial charge >= 0.3 is 5.97 Å². The molecule has 0 aromatic heterocycles. The molecule has 0 fully saturated rings. The smallest absolute Gasteiger partial charge is 0.338 e. The summed E-state index contributed by atoms with van der Waals surface area (Å²) in [4.78, 5) is 27.1. The zero-order chi connectivity index (χ0) is 20.3. The van der Waals surface area contributed by atoms with Gasteiger partial charge in [0.25, 0.3) is 5.91 Å². The highest BCUT2D eigenvalue weighted by Crippen LogP contribution is 2.24.